The van der Waals surface area contributed by atoms with Crippen molar-refractivity contribution in [1.29, 1.82) is 0 Å². The fraction of sp³-hybridized carbons (Fsp3) is 0.500. The molecule has 0 radical (unpaired) electrons. The molecule has 0 aliphatic rings. The molecule has 0 atom stereocenters. The molecule has 1 aromatic carbocycles. The van der Waals surface area contributed by atoms with Crippen molar-refractivity contribution in [2.24, 2.45) is 0 Å². The standard InChI is InChI=1S/C12H20N2O3S/c1-3-12(15,4-2)9-14-18(16,17)11-7-5-6-10(13)8-11/h5-8,14-15H,3-4,9,13H2,1-2H3. The van der Waals surface area contributed by atoms with Gasteiger partial charge in [0.1, 0.15) is 0 Å². The van der Waals surface area contributed by atoms with Crippen LogP contribution in [0.4, 0.5) is 5.69 Å². The zero-order chi connectivity index (χ0) is 13.8. The fourth-order valence-corrected chi connectivity index (χ4v) is 2.67. The molecule has 0 aliphatic heterocycles. The molecule has 0 aliphatic carbocycles. The van der Waals surface area contributed by atoms with E-state index in [9.17, 15) is 13.5 Å². The molecule has 18 heavy (non-hydrogen) atoms. The number of rotatable bonds is 6. The minimum absolute atomic E-state index is 0.00284. The number of nitrogens with one attached hydrogen (secondary N) is 1. The number of nitrogen functional groups attached to an aromatic ring is 1. The summed E-state index contributed by atoms with van der Waals surface area (Å²) in [4.78, 5) is 0.108. The van der Waals surface area contributed by atoms with Crippen LogP contribution in [-0.2, 0) is 10.0 Å². The highest BCUT2D eigenvalue weighted by Gasteiger charge is 2.25. The largest absolute Gasteiger partial charge is 0.399 e. The monoisotopic (exact) mass is 272 g/mol. The van der Waals surface area contributed by atoms with Crippen LogP contribution in [-0.4, -0.2) is 25.7 Å². The Hall–Kier alpha value is -1.11. The smallest absolute Gasteiger partial charge is 0.240 e. The van der Waals surface area contributed by atoms with Gasteiger partial charge in [0.25, 0.3) is 0 Å². The van der Waals surface area contributed by atoms with Crippen LogP contribution in [0.15, 0.2) is 29.2 Å². The summed E-state index contributed by atoms with van der Waals surface area (Å²) in [6.07, 6.45) is 0.978. The molecule has 0 aromatic heterocycles. The van der Waals surface area contributed by atoms with E-state index in [1.165, 1.54) is 12.1 Å². The molecule has 0 saturated carbocycles. The normalized spacial score (nSPS) is 12.6. The van der Waals surface area contributed by atoms with Gasteiger partial charge in [0.15, 0.2) is 0 Å². The molecule has 0 amide bonds. The number of hydrogen-bond donors (Lipinski definition) is 3. The lowest BCUT2D eigenvalue weighted by molar-refractivity contribution is 0.0377. The highest BCUT2D eigenvalue weighted by molar-refractivity contribution is 7.89. The van der Waals surface area contributed by atoms with Gasteiger partial charge in [-0.1, -0.05) is 19.9 Å². The summed E-state index contributed by atoms with van der Waals surface area (Å²) in [6, 6.07) is 6.05. The van der Waals surface area contributed by atoms with Gasteiger partial charge in [0.2, 0.25) is 10.0 Å². The first-order chi connectivity index (χ1) is 8.33. The van der Waals surface area contributed by atoms with E-state index < -0.39 is 15.6 Å². The fourth-order valence-electron chi connectivity index (χ4n) is 1.49. The van der Waals surface area contributed by atoms with Crippen molar-refractivity contribution < 1.29 is 13.5 Å². The summed E-state index contributed by atoms with van der Waals surface area (Å²) in [6.45, 7) is 3.63. The lowest BCUT2D eigenvalue weighted by Crippen LogP contribution is -2.41. The topological polar surface area (TPSA) is 92.4 Å². The summed E-state index contributed by atoms with van der Waals surface area (Å²) in [5.74, 6) is 0. The van der Waals surface area contributed by atoms with Crippen molar-refractivity contribution in [3.8, 4) is 0 Å². The third kappa shape index (κ3) is 3.69. The van der Waals surface area contributed by atoms with E-state index in [-0.39, 0.29) is 11.4 Å². The average Bonchev–Trinajstić information content (AvgIpc) is 2.36. The van der Waals surface area contributed by atoms with Crippen molar-refractivity contribution in [3.63, 3.8) is 0 Å². The third-order valence-electron chi connectivity index (χ3n) is 3.08. The van der Waals surface area contributed by atoms with Crippen molar-refractivity contribution in [2.75, 3.05) is 12.3 Å². The molecule has 1 rings (SSSR count). The van der Waals surface area contributed by atoms with E-state index in [2.05, 4.69) is 4.72 Å². The molecule has 6 heteroatoms. The van der Waals surface area contributed by atoms with Gasteiger partial charge in [-0.15, -0.1) is 0 Å². The van der Waals surface area contributed by atoms with Gasteiger partial charge in [-0.05, 0) is 31.0 Å². The number of benzene rings is 1. The zero-order valence-corrected chi connectivity index (χ0v) is 11.5. The SMILES string of the molecule is CCC(O)(CC)CNS(=O)(=O)c1cccc(N)c1. The van der Waals surface area contributed by atoms with Crippen LogP contribution in [0.25, 0.3) is 0 Å². The molecule has 0 heterocycles. The van der Waals surface area contributed by atoms with E-state index in [1.54, 1.807) is 12.1 Å². The number of hydrogen-bond acceptors (Lipinski definition) is 4. The second-order valence-electron chi connectivity index (χ2n) is 4.33. The summed E-state index contributed by atoms with van der Waals surface area (Å²) in [5.41, 5.74) is 4.93. The van der Waals surface area contributed by atoms with Crippen LogP contribution in [0.1, 0.15) is 26.7 Å². The minimum atomic E-state index is -3.63. The van der Waals surface area contributed by atoms with E-state index in [0.717, 1.165) is 0 Å². The molecule has 102 valence electrons. The first-order valence-corrected chi connectivity index (χ1v) is 7.39. The molecule has 0 bridgehead atoms. The van der Waals surface area contributed by atoms with Gasteiger partial charge in [-0.25, -0.2) is 13.1 Å². The summed E-state index contributed by atoms with van der Waals surface area (Å²) in [5, 5.41) is 10.0. The van der Waals surface area contributed by atoms with Gasteiger partial charge in [-0.3, -0.25) is 0 Å². The number of anilines is 1. The Morgan fingerprint density at radius 3 is 2.44 bits per heavy atom. The van der Waals surface area contributed by atoms with Gasteiger partial charge in [-0.2, -0.15) is 0 Å². The number of sulfonamides is 1. The van der Waals surface area contributed by atoms with Crippen molar-refractivity contribution >= 4 is 15.7 Å². The van der Waals surface area contributed by atoms with Gasteiger partial charge in [0, 0.05) is 12.2 Å². The van der Waals surface area contributed by atoms with E-state index in [4.69, 9.17) is 5.73 Å². The predicted octanol–water partition coefficient (Wildman–Crippen LogP) is 1.10. The van der Waals surface area contributed by atoms with Gasteiger partial charge < -0.3 is 10.8 Å². The molecular formula is C12H20N2O3S. The highest BCUT2D eigenvalue weighted by atomic mass is 32.2. The summed E-state index contributed by atoms with van der Waals surface area (Å²) >= 11 is 0. The lowest BCUT2D eigenvalue weighted by Gasteiger charge is -2.25. The highest BCUT2D eigenvalue weighted by Crippen LogP contribution is 2.16. The molecular weight excluding hydrogens is 252 g/mol. The van der Waals surface area contributed by atoms with Crippen LogP contribution in [0, 0.1) is 0 Å². The molecule has 5 nitrogen and oxygen atoms in total. The first-order valence-electron chi connectivity index (χ1n) is 5.90. The minimum Gasteiger partial charge on any atom is -0.399 e. The number of aliphatic hydroxyl groups is 1. The van der Waals surface area contributed by atoms with Gasteiger partial charge >= 0.3 is 0 Å². The van der Waals surface area contributed by atoms with E-state index in [0.29, 0.717) is 18.5 Å². The molecule has 0 unspecified atom stereocenters. The maximum absolute atomic E-state index is 12.0. The molecule has 0 saturated heterocycles. The Morgan fingerprint density at radius 2 is 1.94 bits per heavy atom. The maximum Gasteiger partial charge on any atom is 0.240 e. The maximum atomic E-state index is 12.0. The van der Waals surface area contributed by atoms with Crippen molar-refractivity contribution in [1.82, 2.24) is 4.72 Å². The Balaban J connectivity index is 2.84. The van der Waals surface area contributed by atoms with Crippen LogP contribution < -0.4 is 10.5 Å². The Morgan fingerprint density at radius 1 is 1.33 bits per heavy atom. The Kier molecular flexibility index (Phi) is 4.72. The molecule has 0 spiro atoms. The second kappa shape index (κ2) is 5.69. The van der Waals surface area contributed by atoms with E-state index in [1.807, 2.05) is 13.8 Å². The predicted molar refractivity (Wildman–Crippen MR) is 71.6 cm³/mol. The zero-order valence-electron chi connectivity index (χ0n) is 10.7. The van der Waals surface area contributed by atoms with Crippen LogP contribution in [0.3, 0.4) is 0 Å². The first kappa shape index (κ1) is 14.9. The molecule has 0 fully saturated rings. The van der Waals surface area contributed by atoms with Crippen molar-refractivity contribution in [2.45, 2.75) is 37.2 Å². The third-order valence-corrected chi connectivity index (χ3v) is 4.47. The number of nitrogens with two attached hydrogens (primary N) is 1. The van der Waals surface area contributed by atoms with Gasteiger partial charge in [0.05, 0.1) is 10.5 Å². The van der Waals surface area contributed by atoms with Crippen LogP contribution in [0.5, 0.6) is 0 Å². The summed E-state index contributed by atoms with van der Waals surface area (Å²) in [7, 11) is -3.63. The second-order valence-corrected chi connectivity index (χ2v) is 6.10. The molecule has 1 aromatic rings. The Labute approximate surface area is 108 Å². The van der Waals surface area contributed by atoms with E-state index >= 15 is 0 Å². The Bertz CT molecular complexity index is 496. The van der Waals surface area contributed by atoms with Crippen molar-refractivity contribution in [3.05, 3.63) is 24.3 Å². The summed E-state index contributed by atoms with van der Waals surface area (Å²) < 4.78 is 26.4. The average molecular weight is 272 g/mol. The van der Waals surface area contributed by atoms with Crippen LogP contribution >= 0.6 is 0 Å². The molecule has 4 N–H and O–H groups in total. The van der Waals surface area contributed by atoms with Crippen LogP contribution in [0.2, 0.25) is 0 Å². The lowest BCUT2D eigenvalue weighted by atomic mass is 9.98. The quantitative estimate of drug-likeness (QED) is 0.676.